The van der Waals surface area contributed by atoms with Gasteiger partial charge in [-0.25, -0.2) is 22.0 Å². The third-order valence-corrected chi connectivity index (χ3v) is 6.12. The van der Waals surface area contributed by atoms with Crippen molar-refractivity contribution in [3.8, 4) is 16.9 Å². The Hall–Kier alpha value is -3.36. The molecule has 4 nitrogen and oxygen atoms in total. The first kappa shape index (κ1) is 31.6. The van der Waals surface area contributed by atoms with Gasteiger partial charge in [0.1, 0.15) is 40.4 Å². The molecule has 1 heterocycles. The standard InChI is InChI=1S/C28H22F10O4/c1-2-5-39-11-14-12-40-26(41-13-14)16-7-22(32)25(23(33)8-16)28(37,38)42-17-9-20(30)24(21(31)10-17)15-3-4-18(19(29)6-15)27(34,35)36/h3-4,6-10,14,26H,2,5,11-13H2,1H3. The molecule has 14 heteroatoms. The van der Waals surface area contributed by atoms with E-state index in [1.807, 2.05) is 6.92 Å². The van der Waals surface area contributed by atoms with E-state index in [0.29, 0.717) is 31.4 Å². The molecule has 0 radical (unpaired) electrons. The topological polar surface area (TPSA) is 36.9 Å². The van der Waals surface area contributed by atoms with Crippen LogP contribution in [0.25, 0.3) is 11.1 Å². The summed E-state index contributed by atoms with van der Waals surface area (Å²) in [5, 5.41) is 0. The minimum atomic E-state index is -5.07. The number of benzene rings is 3. The highest BCUT2D eigenvalue weighted by Crippen LogP contribution is 2.40. The van der Waals surface area contributed by atoms with Gasteiger partial charge in [0.05, 0.1) is 30.9 Å². The molecule has 0 bridgehead atoms. The Kier molecular flexibility index (Phi) is 9.38. The minimum absolute atomic E-state index is 0.116. The third-order valence-electron chi connectivity index (χ3n) is 6.12. The highest BCUT2D eigenvalue weighted by atomic mass is 19.4. The molecule has 1 saturated heterocycles. The zero-order chi connectivity index (χ0) is 30.8. The summed E-state index contributed by atoms with van der Waals surface area (Å²) in [6.45, 7) is 3.01. The van der Waals surface area contributed by atoms with Crippen LogP contribution in [0.3, 0.4) is 0 Å². The lowest BCUT2D eigenvalue weighted by Crippen LogP contribution is -2.31. The van der Waals surface area contributed by atoms with Crippen molar-refractivity contribution in [1.29, 1.82) is 0 Å². The maximum atomic E-state index is 14.9. The molecule has 3 aromatic carbocycles. The predicted octanol–water partition coefficient (Wildman–Crippen LogP) is 8.28. The molecule has 0 aromatic heterocycles. The molecule has 1 aliphatic heterocycles. The molecule has 42 heavy (non-hydrogen) atoms. The molecule has 3 aromatic rings. The van der Waals surface area contributed by atoms with Crippen LogP contribution in [0.15, 0.2) is 42.5 Å². The SMILES string of the molecule is CCCOCC1COC(c2cc(F)c(C(F)(F)Oc3cc(F)c(-c4ccc(C(F)(F)F)c(F)c4)c(F)c3)c(F)c2)OC1. The van der Waals surface area contributed by atoms with Crippen LogP contribution in [0.1, 0.15) is 36.3 Å². The molecule has 0 amide bonds. The summed E-state index contributed by atoms with van der Waals surface area (Å²) in [4.78, 5) is 0. The van der Waals surface area contributed by atoms with E-state index in [9.17, 15) is 43.9 Å². The van der Waals surface area contributed by atoms with Crippen molar-refractivity contribution in [3.63, 3.8) is 0 Å². The van der Waals surface area contributed by atoms with Crippen LogP contribution in [0.5, 0.6) is 5.75 Å². The molecule has 0 N–H and O–H groups in total. The van der Waals surface area contributed by atoms with Crippen molar-refractivity contribution in [2.45, 2.75) is 31.9 Å². The summed E-state index contributed by atoms with van der Waals surface area (Å²) in [5.74, 6) is -9.98. The van der Waals surface area contributed by atoms with Crippen LogP contribution in [0.4, 0.5) is 43.9 Å². The van der Waals surface area contributed by atoms with Crippen LogP contribution in [0.2, 0.25) is 0 Å². The van der Waals surface area contributed by atoms with Crippen LogP contribution in [-0.2, 0) is 26.5 Å². The summed E-state index contributed by atoms with van der Waals surface area (Å²) in [6, 6.07) is 2.53. The fourth-order valence-electron chi connectivity index (χ4n) is 4.22. The van der Waals surface area contributed by atoms with Crippen LogP contribution >= 0.6 is 0 Å². The summed E-state index contributed by atoms with van der Waals surface area (Å²) in [6.07, 6.45) is -10.3. The van der Waals surface area contributed by atoms with Crippen molar-refractivity contribution in [2.75, 3.05) is 26.4 Å². The quantitative estimate of drug-likeness (QED) is 0.180. The number of halogens is 10. The molecule has 4 rings (SSSR count). The van der Waals surface area contributed by atoms with Gasteiger partial charge in [0.15, 0.2) is 6.29 Å². The van der Waals surface area contributed by atoms with Gasteiger partial charge in [-0.3, -0.25) is 0 Å². The van der Waals surface area contributed by atoms with Crippen molar-refractivity contribution in [3.05, 3.63) is 88.2 Å². The molecule has 1 fully saturated rings. The second-order valence-electron chi connectivity index (χ2n) is 9.37. The Bertz CT molecular complexity index is 1370. The van der Waals surface area contributed by atoms with Gasteiger partial charge in [-0.1, -0.05) is 13.0 Å². The number of rotatable bonds is 9. The Balaban J connectivity index is 1.52. The van der Waals surface area contributed by atoms with E-state index in [2.05, 4.69) is 4.74 Å². The number of hydrogen-bond acceptors (Lipinski definition) is 4. The van der Waals surface area contributed by atoms with Gasteiger partial charge in [0.2, 0.25) is 0 Å². The normalized spacial score (nSPS) is 17.9. The lowest BCUT2D eigenvalue weighted by molar-refractivity contribution is -0.212. The van der Waals surface area contributed by atoms with Gasteiger partial charge in [-0.15, -0.1) is 0 Å². The van der Waals surface area contributed by atoms with Crippen molar-refractivity contribution < 1.29 is 62.9 Å². The van der Waals surface area contributed by atoms with E-state index < -0.39 is 75.7 Å². The molecular weight excluding hydrogens is 590 g/mol. The van der Waals surface area contributed by atoms with Gasteiger partial charge in [-0.2, -0.15) is 22.0 Å². The first-order valence-corrected chi connectivity index (χ1v) is 12.4. The largest absolute Gasteiger partial charge is 0.432 e. The van der Waals surface area contributed by atoms with E-state index in [0.717, 1.165) is 6.42 Å². The lowest BCUT2D eigenvalue weighted by Gasteiger charge is -2.30. The van der Waals surface area contributed by atoms with E-state index >= 15 is 0 Å². The van der Waals surface area contributed by atoms with Crippen LogP contribution in [0, 0.1) is 35.0 Å². The van der Waals surface area contributed by atoms with Gasteiger partial charge in [0.25, 0.3) is 0 Å². The summed E-state index contributed by atoms with van der Waals surface area (Å²) in [7, 11) is 0. The third kappa shape index (κ3) is 6.98. The molecule has 1 aliphatic rings. The summed E-state index contributed by atoms with van der Waals surface area (Å²) >= 11 is 0. The molecule has 0 unspecified atom stereocenters. The summed E-state index contributed by atoms with van der Waals surface area (Å²) < 4.78 is 161. The minimum Gasteiger partial charge on any atom is -0.429 e. The van der Waals surface area contributed by atoms with Crippen molar-refractivity contribution >= 4 is 0 Å². The van der Waals surface area contributed by atoms with Gasteiger partial charge in [-0.05, 0) is 36.2 Å². The van der Waals surface area contributed by atoms with E-state index in [-0.39, 0.29) is 49.0 Å². The average molecular weight is 612 g/mol. The zero-order valence-electron chi connectivity index (χ0n) is 21.6. The maximum Gasteiger partial charge on any atom is 0.432 e. The van der Waals surface area contributed by atoms with E-state index in [4.69, 9.17) is 14.2 Å². The number of ether oxygens (including phenoxy) is 4. The molecule has 0 saturated carbocycles. The first-order chi connectivity index (χ1) is 19.7. The highest BCUT2D eigenvalue weighted by Gasteiger charge is 2.42. The lowest BCUT2D eigenvalue weighted by atomic mass is 10.0. The van der Waals surface area contributed by atoms with Gasteiger partial charge in [0, 0.05) is 30.2 Å². The van der Waals surface area contributed by atoms with Gasteiger partial charge >= 0.3 is 12.3 Å². The van der Waals surface area contributed by atoms with E-state index in [1.165, 1.54) is 0 Å². The molecule has 228 valence electrons. The first-order valence-electron chi connectivity index (χ1n) is 12.4. The highest BCUT2D eigenvalue weighted by molar-refractivity contribution is 5.66. The molecular formula is C28H22F10O4. The Labute approximate surface area is 232 Å². The van der Waals surface area contributed by atoms with Gasteiger partial charge < -0.3 is 18.9 Å². The average Bonchev–Trinajstić information content (AvgIpc) is 2.87. The zero-order valence-corrected chi connectivity index (χ0v) is 21.6. The molecule has 0 aliphatic carbocycles. The monoisotopic (exact) mass is 612 g/mol. The number of alkyl halides is 5. The number of hydrogen-bond donors (Lipinski definition) is 0. The second-order valence-corrected chi connectivity index (χ2v) is 9.37. The second kappa shape index (κ2) is 12.5. The van der Waals surface area contributed by atoms with E-state index in [1.54, 1.807) is 0 Å². The fourth-order valence-corrected chi connectivity index (χ4v) is 4.22. The maximum absolute atomic E-state index is 14.9. The Morgan fingerprint density at radius 3 is 1.90 bits per heavy atom. The molecule has 0 spiro atoms. The van der Waals surface area contributed by atoms with Crippen molar-refractivity contribution in [2.24, 2.45) is 5.92 Å². The van der Waals surface area contributed by atoms with Crippen molar-refractivity contribution in [1.82, 2.24) is 0 Å². The Morgan fingerprint density at radius 2 is 1.38 bits per heavy atom. The summed E-state index contributed by atoms with van der Waals surface area (Å²) in [5.41, 5.74) is -5.53. The smallest absolute Gasteiger partial charge is 0.429 e. The predicted molar refractivity (Wildman–Crippen MR) is 127 cm³/mol. The molecule has 0 atom stereocenters. The van der Waals surface area contributed by atoms with Crippen LogP contribution < -0.4 is 4.74 Å². The fraction of sp³-hybridized carbons (Fsp3) is 0.357. The Morgan fingerprint density at radius 1 is 0.786 bits per heavy atom. The van der Waals surface area contributed by atoms with Crippen LogP contribution in [-0.4, -0.2) is 26.4 Å².